The van der Waals surface area contributed by atoms with Crippen molar-refractivity contribution in [2.24, 2.45) is 11.7 Å². The molecule has 1 atom stereocenters. The predicted octanol–water partition coefficient (Wildman–Crippen LogP) is 0.907. The highest BCUT2D eigenvalue weighted by molar-refractivity contribution is 7.89. The summed E-state index contributed by atoms with van der Waals surface area (Å²) in [5.41, 5.74) is 6.01. The lowest BCUT2D eigenvalue weighted by atomic mass is 10.0. The zero-order chi connectivity index (χ0) is 15.3. The summed E-state index contributed by atoms with van der Waals surface area (Å²) >= 11 is 0. The zero-order valence-corrected chi connectivity index (χ0v) is 12.7. The Bertz CT molecular complexity index is 570. The minimum absolute atomic E-state index is 0.0209. The third-order valence-electron chi connectivity index (χ3n) is 2.77. The number of carbonyl (C=O) groups is 1. The number of nitrogens with one attached hydrogen (secondary N) is 2. The van der Waals surface area contributed by atoms with Gasteiger partial charge in [0.05, 0.1) is 11.7 Å². The second-order valence-corrected chi connectivity index (χ2v) is 6.78. The number of sulfonamides is 1. The Morgan fingerprint density at radius 2 is 1.90 bits per heavy atom. The second kappa shape index (κ2) is 6.83. The van der Waals surface area contributed by atoms with Crippen molar-refractivity contribution in [3.63, 3.8) is 0 Å². The molecule has 1 rings (SSSR count). The zero-order valence-electron chi connectivity index (χ0n) is 11.9. The van der Waals surface area contributed by atoms with Crippen molar-refractivity contribution in [3.05, 3.63) is 24.3 Å². The van der Waals surface area contributed by atoms with Gasteiger partial charge in [-0.15, -0.1) is 0 Å². The van der Waals surface area contributed by atoms with Gasteiger partial charge in [-0.25, -0.2) is 13.1 Å². The average Bonchev–Trinajstić information content (AvgIpc) is 2.38. The number of para-hydroxylation sites is 1. The van der Waals surface area contributed by atoms with E-state index in [1.807, 2.05) is 13.8 Å². The molecule has 0 aliphatic heterocycles. The predicted molar refractivity (Wildman–Crippen MR) is 78.7 cm³/mol. The van der Waals surface area contributed by atoms with Gasteiger partial charge in [0.25, 0.3) is 0 Å². The number of nitrogens with two attached hydrogens (primary N) is 1. The first-order valence-corrected chi connectivity index (χ1v) is 7.85. The molecular formula is C13H21N3O3S. The molecule has 0 heterocycles. The van der Waals surface area contributed by atoms with Gasteiger partial charge >= 0.3 is 0 Å². The van der Waals surface area contributed by atoms with Crippen molar-refractivity contribution < 1.29 is 13.2 Å². The molecule has 0 unspecified atom stereocenters. The largest absolute Gasteiger partial charge is 0.324 e. The van der Waals surface area contributed by atoms with Crippen LogP contribution in [0.2, 0.25) is 0 Å². The van der Waals surface area contributed by atoms with Crippen LogP contribution < -0.4 is 15.8 Å². The number of rotatable bonds is 6. The van der Waals surface area contributed by atoms with E-state index in [9.17, 15) is 13.2 Å². The molecule has 0 aromatic heterocycles. The van der Waals surface area contributed by atoms with Crippen molar-refractivity contribution in [2.45, 2.75) is 31.2 Å². The fourth-order valence-electron chi connectivity index (χ4n) is 1.75. The van der Waals surface area contributed by atoms with Crippen LogP contribution in [0.3, 0.4) is 0 Å². The SMILES string of the molecule is CNS(=O)(=O)c1ccccc1NC(=O)[C@H](N)CC(C)C. The van der Waals surface area contributed by atoms with Gasteiger partial charge < -0.3 is 11.1 Å². The van der Waals surface area contributed by atoms with Crippen molar-refractivity contribution in [2.75, 3.05) is 12.4 Å². The van der Waals surface area contributed by atoms with Crippen LogP contribution in [-0.4, -0.2) is 27.4 Å². The lowest BCUT2D eigenvalue weighted by Crippen LogP contribution is -2.37. The Labute approximate surface area is 119 Å². The molecule has 6 nitrogen and oxygen atoms in total. The van der Waals surface area contributed by atoms with Gasteiger partial charge in [0.1, 0.15) is 4.90 Å². The Hall–Kier alpha value is -1.44. The molecule has 0 aliphatic carbocycles. The molecule has 0 fully saturated rings. The van der Waals surface area contributed by atoms with Gasteiger partial charge in [0.15, 0.2) is 0 Å². The first-order valence-electron chi connectivity index (χ1n) is 6.37. The van der Waals surface area contributed by atoms with E-state index in [1.54, 1.807) is 12.1 Å². The Balaban J connectivity index is 2.97. The van der Waals surface area contributed by atoms with Crippen LogP contribution in [0.15, 0.2) is 29.2 Å². The number of benzene rings is 1. The van der Waals surface area contributed by atoms with E-state index in [4.69, 9.17) is 5.73 Å². The maximum atomic E-state index is 12.0. The monoisotopic (exact) mass is 299 g/mol. The number of carbonyl (C=O) groups excluding carboxylic acids is 1. The molecule has 1 aromatic carbocycles. The van der Waals surface area contributed by atoms with Crippen LogP contribution in [0.25, 0.3) is 0 Å². The number of anilines is 1. The van der Waals surface area contributed by atoms with E-state index in [-0.39, 0.29) is 16.5 Å². The van der Waals surface area contributed by atoms with Gasteiger partial charge in [0.2, 0.25) is 15.9 Å². The molecule has 0 aliphatic rings. The highest BCUT2D eigenvalue weighted by atomic mass is 32.2. The summed E-state index contributed by atoms with van der Waals surface area (Å²) in [5, 5.41) is 2.57. The van der Waals surface area contributed by atoms with E-state index in [2.05, 4.69) is 10.0 Å². The summed E-state index contributed by atoms with van der Waals surface area (Å²) in [7, 11) is -2.31. The van der Waals surface area contributed by atoms with Crippen molar-refractivity contribution in [1.29, 1.82) is 0 Å². The maximum Gasteiger partial charge on any atom is 0.242 e. The van der Waals surface area contributed by atoms with Crippen molar-refractivity contribution in [1.82, 2.24) is 4.72 Å². The Morgan fingerprint density at radius 1 is 1.30 bits per heavy atom. The van der Waals surface area contributed by atoms with Gasteiger partial charge in [-0.05, 0) is 31.5 Å². The maximum absolute atomic E-state index is 12.0. The van der Waals surface area contributed by atoms with Gasteiger partial charge in [-0.2, -0.15) is 0 Å². The Kier molecular flexibility index (Phi) is 5.67. The quantitative estimate of drug-likeness (QED) is 0.726. The lowest BCUT2D eigenvalue weighted by molar-refractivity contribution is -0.117. The van der Waals surface area contributed by atoms with Crippen LogP contribution >= 0.6 is 0 Å². The van der Waals surface area contributed by atoms with E-state index in [0.29, 0.717) is 6.42 Å². The average molecular weight is 299 g/mol. The molecular weight excluding hydrogens is 278 g/mol. The molecule has 0 spiro atoms. The number of hydrogen-bond donors (Lipinski definition) is 3. The topological polar surface area (TPSA) is 101 Å². The number of amides is 1. The molecule has 4 N–H and O–H groups in total. The fraction of sp³-hybridized carbons (Fsp3) is 0.462. The Morgan fingerprint density at radius 3 is 2.45 bits per heavy atom. The van der Waals surface area contributed by atoms with Crippen LogP contribution in [0.5, 0.6) is 0 Å². The summed E-state index contributed by atoms with van der Waals surface area (Å²) in [6.07, 6.45) is 0.535. The lowest BCUT2D eigenvalue weighted by Gasteiger charge is -2.16. The van der Waals surface area contributed by atoms with Gasteiger partial charge in [0, 0.05) is 0 Å². The molecule has 0 radical (unpaired) electrons. The first-order chi connectivity index (χ1) is 9.27. The highest BCUT2D eigenvalue weighted by Gasteiger charge is 2.20. The molecule has 20 heavy (non-hydrogen) atoms. The summed E-state index contributed by atoms with van der Waals surface area (Å²) in [6, 6.07) is 5.53. The van der Waals surface area contributed by atoms with E-state index in [0.717, 1.165) is 0 Å². The first kappa shape index (κ1) is 16.6. The normalized spacial score (nSPS) is 13.2. The third kappa shape index (κ3) is 4.29. The van der Waals surface area contributed by atoms with Gasteiger partial charge in [-0.3, -0.25) is 4.79 Å². The van der Waals surface area contributed by atoms with Crippen LogP contribution in [0.1, 0.15) is 20.3 Å². The molecule has 7 heteroatoms. The van der Waals surface area contributed by atoms with Crippen molar-refractivity contribution >= 4 is 21.6 Å². The van der Waals surface area contributed by atoms with E-state index >= 15 is 0 Å². The van der Waals surface area contributed by atoms with E-state index in [1.165, 1.54) is 19.2 Å². The standard InChI is InChI=1S/C13H21N3O3S/c1-9(2)8-10(14)13(17)16-11-6-4-5-7-12(11)20(18,19)15-3/h4-7,9-10,15H,8,14H2,1-3H3,(H,16,17)/t10-/m1/s1. The molecule has 1 amide bonds. The van der Waals surface area contributed by atoms with Crippen molar-refractivity contribution in [3.8, 4) is 0 Å². The van der Waals surface area contributed by atoms with Crippen LogP contribution in [-0.2, 0) is 14.8 Å². The minimum Gasteiger partial charge on any atom is -0.324 e. The minimum atomic E-state index is -3.63. The summed E-state index contributed by atoms with van der Waals surface area (Å²) in [4.78, 5) is 12.0. The number of hydrogen-bond acceptors (Lipinski definition) is 4. The van der Waals surface area contributed by atoms with Crippen LogP contribution in [0, 0.1) is 5.92 Å². The third-order valence-corrected chi connectivity index (χ3v) is 4.24. The second-order valence-electron chi connectivity index (χ2n) is 4.93. The highest BCUT2D eigenvalue weighted by Crippen LogP contribution is 2.20. The molecule has 0 bridgehead atoms. The molecule has 0 saturated heterocycles. The van der Waals surface area contributed by atoms with Gasteiger partial charge in [-0.1, -0.05) is 26.0 Å². The molecule has 0 saturated carbocycles. The molecule has 112 valence electrons. The van der Waals surface area contributed by atoms with Crippen LogP contribution in [0.4, 0.5) is 5.69 Å². The van der Waals surface area contributed by atoms with E-state index < -0.39 is 22.0 Å². The summed E-state index contributed by atoms with van der Waals surface area (Å²) < 4.78 is 25.9. The fourth-order valence-corrected chi connectivity index (χ4v) is 2.64. The summed E-state index contributed by atoms with van der Waals surface area (Å²) in [5.74, 6) is -0.107. The smallest absolute Gasteiger partial charge is 0.242 e. The molecule has 1 aromatic rings. The summed E-state index contributed by atoms with van der Waals surface area (Å²) in [6.45, 7) is 3.93.